The van der Waals surface area contributed by atoms with Crippen molar-refractivity contribution in [1.82, 2.24) is 14.9 Å². The second kappa shape index (κ2) is 6.64. The van der Waals surface area contributed by atoms with E-state index >= 15 is 0 Å². The molecule has 2 aromatic rings. The number of hydrogen-bond donors (Lipinski definition) is 1. The van der Waals surface area contributed by atoms with Gasteiger partial charge in [-0.1, -0.05) is 0 Å². The van der Waals surface area contributed by atoms with E-state index in [1.807, 2.05) is 44.0 Å². The molecule has 2 aromatic heterocycles. The van der Waals surface area contributed by atoms with E-state index in [1.54, 1.807) is 0 Å². The lowest BCUT2D eigenvalue weighted by Gasteiger charge is -2.34. The molecule has 6 nitrogen and oxygen atoms in total. The van der Waals surface area contributed by atoms with Gasteiger partial charge in [0.05, 0.1) is 18.1 Å². The number of carbonyl (C=O) groups excluding carboxylic acids is 1. The quantitative estimate of drug-likeness (QED) is 0.935. The van der Waals surface area contributed by atoms with E-state index in [0.29, 0.717) is 25.6 Å². The Morgan fingerprint density at radius 2 is 2.22 bits per heavy atom. The van der Waals surface area contributed by atoms with Crippen LogP contribution in [0.1, 0.15) is 32.1 Å². The van der Waals surface area contributed by atoms with E-state index in [0.717, 1.165) is 21.3 Å². The first-order valence-electron chi connectivity index (χ1n) is 7.57. The fourth-order valence-corrected chi connectivity index (χ4v) is 3.44. The van der Waals surface area contributed by atoms with Gasteiger partial charge in [0.15, 0.2) is 5.82 Å². The highest BCUT2D eigenvalue weighted by atomic mass is 32.1. The Morgan fingerprint density at radius 1 is 1.39 bits per heavy atom. The van der Waals surface area contributed by atoms with Crippen molar-refractivity contribution in [3.8, 4) is 0 Å². The monoisotopic (exact) mass is 332 g/mol. The Morgan fingerprint density at radius 3 is 2.91 bits per heavy atom. The molecule has 3 rings (SSSR count). The first-order valence-corrected chi connectivity index (χ1v) is 8.38. The number of morpholine rings is 1. The second-order valence-corrected chi connectivity index (χ2v) is 6.79. The zero-order valence-electron chi connectivity index (χ0n) is 13.5. The average molecular weight is 332 g/mol. The van der Waals surface area contributed by atoms with Crippen molar-refractivity contribution in [1.29, 1.82) is 0 Å². The van der Waals surface area contributed by atoms with E-state index < -0.39 is 0 Å². The highest BCUT2D eigenvalue weighted by molar-refractivity contribution is 7.13. The molecular formula is C16H20N4O2S. The molecule has 0 radical (unpaired) electrons. The summed E-state index contributed by atoms with van der Waals surface area (Å²) in [5, 5.41) is 3.03. The maximum absolute atomic E-state index is 12.8. The highest BCUT2D eigenvalue weighted by Gasteiger charge is 2.32. The van der Waals surface area contributed by atoms with Crippen molar-refractivity contribution >= 4 is 23.1 Å². The smallest absolute Gasteiger partial charge is 0.264 e. The average Bonchev–Trinajstić information content (AvgIpc) is 3.00. The molecule has 23 heavy (non-hydrogen) atoms. The van der Waals surface area contributed by atoms with E-state index in [-0.39, 0.29) is 11.9 Å². The molecule has 1 aliphatic heterocycles. The summed E-state index contributed by atoms with van der Waals surface area (Å²) in [6.07, 6.45) is 0. The van der Waals surface area contributed by atoms with Gasteiger partial charge in [0, 0.05) is 30.2 Å². The number of nitrogens with zero attached hydrogens (tertiary/aromatic N) is 3. The maximum atomic E-state index is 12.8. The van der Waals surface area contributed by atoms with Crippen LogP contribution in [-0.2, 0) is 4.74 Å². The van der Waals surface area contributed by atoms with Crippen LogP contribution in [0.5, 0.6) is 0 Å². The molecule has 1 atom stereocenters. The molecule has 122 valence electrons. The molecular weight excluding hydrogens is 312 g/mol. The minimum Gasteiger partial charge on any atom is -0.377 e. The molecule has 1 N–H and O–H groups in total. The van der Waals surface area contributed by atoms with E-state index in [1.165, 1.54) is 11.3 Å². The third-order valence-electron chi connectivity index (χ3n) is 3.77. The first-order chi connectivity index (χ1) is 11.1. The summed E-state index contributed by atoms with van der Waals surface area (Å²) in [4.78, 5) is 25.6. The molecule has 1 saturated heterocycles. The zero-order chi connectivity index (χ0) is 16.4. The number of hydrogen-bond acceptors (Lipinski definition) is 6. The van der Waals surface area contributed by atoms with Crippen molar-refractivity contribution in [3.63, 3.8) is 0 Å². The molecule has 0 aliphatic carbocycles. The molecule has 7 heteroatoms. The van der Waals surface area contributed by atoms with Gasteiger partial charge < -0.3 is 15.0 Å². The van der Waals surface area contributed by atoms with E-state index in [4.69, 9.17) is 4.74 Å². The minimum absolute atomic E-state index is 0.0208. The van der Waals surface area contributed by atoms with Gasteiger partial charge in [-0.3, -0.25) is 4.79 Å². The molecule has 0 unspecified atom stereocenters. The lowest BCUT2D eigenvalue weighted by Crippen LogP contribution is -2.44. The first kappa shape index (κ1) is 15.9. The summed E-state index contributed by atoms with van der Waals surface area (Å²) in [6, 6.07) is 5.47. The fraction of sp³-hybridized carbons (Fsp3) is 0.438. The Kier molecular flexibility index (Phi) is 4.58. The van der Waals surface area contributed by atoms with Crippen LogP contribution in [0.15, 0.2) is 18.2 Å². The van der Waals surface area contributed by atoms with Crippen LogP contribution < -0.4 is 5.32 Å². The third kappa shape index (κ3) is 3.35. The van der Waals surface area contributed by atoms with Crippen LogP contribution in [0.2, 0.25) is 0 Å². The molecule has 3 heterocycles. The van der Waals surface area contributed by atoms with Gasteiger partial charge in [-0.05, 0) is 26.0 Å². The molecule has 1 amide bonds. The summed E-state index contributed by atoms with van der Waals surface area (Å²) in [5.41, 5.74) is 0.865. The fourth-order valence-electron chi connectivity index (χ4n) is 2.62. The van der Waals surface area contributed by atoms with Crippen LogP contribution in [0, 0.1) is 13.8 Å². The van der Waals surface area contributed by atoms with E-state index in [2.05, 4.69) is 15.3 Å². The highest BCUT2D eigenvalue weighted by Crippen LogP contribution is 2.27. The van der Waals surface area contributed by atoms with Crippen molar-refractivity contribution in [3.05, 3.63) is 39.5 Å². The zero-order valence-corrected chi connectivity index (χ0v) is 14.3. The number of ether oxygens (including phenoxy) is 1. The van der Waals surface area contributed by atoms with E-state index in [9.17, 15) is 4.79 Å². The standard InChI is InChI=1S/C16H20N4O2S/c1-10-8-14(17-3)19-15(18-10)12-9-22-7-6-20(12)16(21)13-5-4-11(2)23-13/h4-5,8,12H,6-7,9H2,1-3H3,(H,17,18,19)/t12-/m0/s1. The van der Waals surface area contributed by atoms with Gasteiger partial charge in [0.1, 0.15) is 11.9 Å². The molecule has 1 fully saturated rings. The molecule has 0 saturated carbocycles. The van der Waals surface area contributed by atoms with Crippen LogP contribution in [-0.4, -0.2) is 47.6 Å². The molecule has 0 aromatic carbocycles. The number of amides is 1. The Balaban J connectivity index is 1.92. The number of thiophene rings is 1. The third-order valence-corrected chi connectivity index (χ3v) is 4.75. The molecule has 1 aliphatic rings. The lowest BCUT2D eigenvalue weighted by molar-refractivity contribution is -0.00496. The van der Waals surface area contributed by atoms with Gasteiger partial charge in [0.2, 0.25) is 0 Å². The van der Waals surface area contributed by atoms with Gasteiger partial charge in [-0.2, -0.15) is 0 Å². The maximum Gasteiger partial charge on any atom is 0.264 e. The summed E-state index contributed by atoms with van der Waals surface area (Å²) in [5.74, 6) is 1.39. The lowest BCUT2D eigenvalue weighted by atomic mass is 10.2. The summed E-state index contributed by atoms with van der Waals surface area (Å²) >= 11 is 1.51. The number of anilines is 1. The molecule has 0 spiro atoms. The van der Waals surface area contributed by atoms with Crippen molar-refractivity contribution in [2.45, 2.75) is 19.9 Å². The largest absolute Gasteiger partial charge is 0.377 e. The van der Waals surface area contributed by atoms with Gasteiger partial charge in [-0.25, -0.2) is 9.97 Å². The summed E-state index contributed by atoms with van der Waals surface area (Å²) in [6.45, 7) is 5.43. The van der Waals surface area contributed by atoms with Crippen molar-refractivity contribution in [2.75, 3.05) is 32.1 Å². The minimum atomic E-state index is -0.259. The van der Waals surface area contributed by atoms with Crippen molar-refractivity contribution in [2.24, 2.45) is 0 Å². The predicted molar refractivity (Wildman–Crippen MR) is 90.0 cm³/mol. The second-order valence-electron chi connectivity index (χ2n) is 5.50. The topological polar surface area (TPSA) is 67.4 Å². The number of nitrogens with one attached hydrogen (secondary N) is 1. The van der Waals surface area contributed by atoms with Gasteiger partial charge in [-0.15, -0.1) is 11.3 Å². The number of rotatable bonds is 3. The number of aromatic nitrogens is 2. The molecule has 0 bridgehead atoms. The summed E-state index contributed by atoms with van der Waals surface area (Å²) in [7, 11) is 1.82. The van der Waals surface area contributed by atoms with Gasteiger partial charge in [0.25, 0.3) is 5.91 Å². The van der Waals surface area contributed by atoms with Crippen LogP contribution >= 0.6 is 11.3 Å². The number of carbonyl (C=O) groups is 1. The van der Waals surface area contributed by atoms with Crippen LogP contribution in [0.25, 0.3) is 0 Å². The van der Waals surface area contributed by atoms with Gasteiger partial charge >= 0.3 is 0 Å². The van der Waals surface area contributed by atoms with Crippen LogP contribution in [0.4, 0.5) is 5.82 Å². The Hall–Kier alpha value is -1.99. The number of aryl methyl sites for hydroxylation is 2. The predicted octanol–water partition coefficient (Wildman–Crippen LogP) is 2.41. The van der Waals surface area contributed by atoms with Crippen molar-refractivity contribution < 1.29 is 9.53 Å². The normalized spacial score (nSPS) is 18.0. The Labute approximate surface area is 139 Å². The Bertz CT molecular complexity index is 716. The van der Waals surface area contributed by atoms with Crippen LogP contribution in [0.3, 0.4) is 0 Å². The summed E-state index contributed by atoms with van der Waals surface area (Å²) < 4.78 is 5.58. The SMILES string of the molecule is CNc1cc(C)nc([C@@H]2COCCN2C(=O)c2ccc(C)s2)n1.